The molecule has 0 aliphatic heterocycles. The molecule has 0 aliphatic carbocycles. The third kappa shape index (κ3) is 2.91. The van der Waals surface area contributed by atoms with Gasteiger partial charge in [0.1, 0.15) is 17.8 Å². The van der Waals surface area contributed by atoms with Crippen molar-refractivity contribution >= 4 is 44.4 Å². The molecule has 8 heteroatoms. The quantitative estimate of drug-likeness (QED) is 0.490. The van der Waals surface area contributed by atoms with Gasteiger partial charge in [-0.3, -0.25) is 9.36 Å². The number of fused-ring (bicyclic) bond motifs is 1. The number of para-hydroxylation sites is 1. The lowest BCUT2D eigenvalue weighted by Crippen LogP contribution is -2.27. The highest BCUT2D eigenvalue weighted by atomic mass is 79.9. The van der Waals surface area contributed by atoms with Gasteiger partial charge in [-0.1, -0.05) is 29.8 Å². The van der Waals surface area contributed by atoms with Crippen LogP contribution >= 0.6 is 27.5 Å². The first-order valence-electron chi connectivity index (χ1n) is 8.64. The van der Waals surface area contributed by atoms with Crippen molar-refractivity contribution in [3.63, 3.8) is 0 Å². The lowest BCUT2D eigenvalue weighted by atomic mass is 10.1. The van der Waals surface area contributed by atoms with E-state index < -0.39 is 0 Å². The molecule has 0 aliphatic rings. The highest BCUT2D eigenvalue weighted by molar-refractivity contribution is 9.10. The summed E-state index contributed by atoms with van der Waals surface area (Å²) in [6.45, 7) is 3.72. The minimum absolute atomic E-state index is 0.148. The number of nitrogen functional groups attached to an aromatic ring is 1. The molecule has 0 radical (unpaired) electrons. The molecular formula is C20H17BrClN5O. The van der Waals surface area contributed by atoms with E-state index in [2.05, 4.69) is 25.9 Å². The Morgan fingerprint density at radius 2 is 1.93 bits per heavy atom. The summed E-state index contributed by atoms with van der Waals surface area (Å²) in [5, 5.41) is 1.17. The second-order valence-corrected chi connectivity index (χ2v) is 7.80. The molecule has 1 aromatic carbocycles. The van der Waals surface area contributed by atoms with Crippen LogP contribution in [-0.2, 0) is 0 Å². The number of nitrogens with two attached hydrogens (primary N) is 1. The van der Waals surface area contributed by atoms with Crippen LogP contribution in [0.4, 0.5) is 5.82 Å². The summed E-state index contributed by atoms with van der Waals surface area (Å²) < 4.78 is 4.44. The van der Waals surface area contributed by atoms with Crippen molar-refractivity contribution in [1.29, 1.82) is 0 Å². The Balaban J connectivity index is 2.00. The van der Waals surface area contributed by atoms with Crippen LogP contribution in [0.5, 0.6) is 0 Å². The SMILES string of the molecule is Cc1c(Cl)cc(C(C)n2cc(Br)c3c(N)ncnc32)n(-c2ccccc2)c1=O. The number of benzene rings is 1. The zero-order chi connectivity index (χ0) is 20.0. The van der Waals surface area contributed by atoms with Crippen LogP contribution in [0.1, 0.15) is 24.2 Å². The fourth-order valence-corrected chi connectivity index (χ4v) is 4.13. The molecule has 1 unspecified atom stereocenters. The third-order valence-electron chi connectivity index (χ3n) is 4.87. The number of rotatable bonds is 3. The van der Waals surface area contributed by atoms with Gasteiger partial charge in [0.05, 0.1) is 22.1 Å². The Hall–Kier alpha value is -2.64. The minimum Gasteiger partial charge on any atom is -0.383 e. The molecule has 0 saturated heterocycles. The van der Waals surface area contributed by atoms with Gasteiger partial charge in [-0.2, -0.15) is 0 Å². The number of nitrogens with zero attached hydrogens (tertiary/aromatic N) is 4. The molecule has 2 N–H and O–H groups in total. The molecule has 0 amide bonds. The van der Waals surface area contributed by atoms with Crippen LogP contribution in [0.2, 0.25) is 5.02 Å². The summed E-state index contributed by atoms with van der Waals surface area (Å²) in [7, 11) is 0. The van der Waals surface area contributed by atoms with Crippen LogP contribution in [0, 0.1) is 6.92 Å². The Kier molecular flexibility index (Phi) is 4.72. The molecule has 0 bridgehead atoms. The van der Waals surface area contributed by atoms with E-state index in [9.17, 15) is 4.79 Å². The molecule has 3 heterocycles. The zero-order valence-corrected chi connectivity index (χ0v) is 17.6. The first-order chi connectivity index (χ1) is 13.4. The topological polar surface area (TPSA) is 78.7 Å². The maximum absolute atomic E-state index is 13.1. The van der Waals surface area contributed by atoms with E-state index in [4.69, 9.17) is 17.3 Å². The van der Waals surface area contributed by atoms with E-state index in [1.165, 1.54) is 6.33 Å². The summed E-state index contributed by atoms with van der Waals surface area (Å²) >= 11 is 9.92. The van der Waals surface area contributed by atoms with E-state index in [1.54, 1.807) is 11.5 Å². The maximum Gasteiger partial charge on any atom is 0.259 e. The molecular weight excluding hydrogens is 442 g/mol. The summed E-state index contributed by atoms with van der Waals surface area (Å²) in [6.07, 6.45) is 3.33. The standard InChI is InChI=1S/C20H17BrClN5O/c1-11-15(22)8-16(27(20(11)28)13-6-4-3-5-7-13)12(2)26-9-14(21)17-18(23)24-10-25-19(17)26/h3-10,12H,1-2H3,(H2,23,24,25). The summed E-state index contributed by atoms with van der Waals surface area (Å²) in [6, 6.07) is 11.1. The molecule has 0 fully saturated rings. The Morgan fingerprint density at radius 3 is 2.64 bits per heavy atom. The van der Waals surface area contributed by atoms with Gasteiger partial charge in [0.2, 0.25) is 0 Å². The molecule has 142 valence electrons. The Labute approximate surface area is 174 Å². The lowest BCUT2D eigenvalue weighted by Gasteiger charge is -2.22. The number of pyridine rings is 1. The van der Waals surface area contributed by atoms with Crippen LogP contribution in [0.15, 0.2) is 58.2 Å². The van der Waals surface area contributed by atoms with Crippen molar-refractivity contribution in [3.8, 4) is 5.69 Å². The van der Waals surface area contributed by atoms with Crippen molar-refractivity contribution in [3.05, 3.63) is 80.0 Å². The predicted molar refractivity (Wildman–Crippen MR) is 115 cm³/mol. The number of hydrogen-bond acceptors (Lipinski definition) is 4. The lowest BCUT2D eigenvalue weighted by molar-refractivity contribution is 0.613. The summed E-state index contributed by atoms with van der Waals surface area (Å²) in [4.78, 5) is 21.5. The van der Waals surface area contributed by atoms with Gasteiger partial charge in [0.15, 0.2) is 0 Å². The zero-order valence-electron chi connectivity index (χ0n) is 15.2. The molecule has 0 spiro atoms. The highest BCUT2D eigenvalue weighted by Gasteiger charge is 2.22. The molecule has 1 atom stereocenters. The van der Waals surface area contributed by atoms with E-state index >= 15 is 0 Å². The van der Waals surface area contributed by atoms with Crippen molar-refractivity contribution in [2.24, 2.45) is 0 Å². The second-order valence-electron chi connectivity index (χ2n) is 6.54. The van der Waals surface area contributed by atoms with E-state index in [-0.39, 0.29) is 11.6 Å². The molecule has 4 aromatic rings. The van der Waals surface area contributed by atoms with Crippen LogP contribution < -0.4 is 11.3 Å². The van der Waals surface area contributed by atoms with Crippen molar-refractivity contribution < 1.29 is 0 Å². The Morgan fingerprint density at radius 1 is 1.21 bits per heavy atom. The molecule has 28 heavy (non-hydrogen) atoms. The highest BCUT2D eigenvalue weighted by Crippen LogP contribution is 2.33. The van der Waals surface area contributed by atoms with Gasteiger partial charge < -0.3 is 10.3 Å². The van der Waals surface area contributed by atoms with Gasteiger partial charge in [0, 0.05) is 21.9 Å². The first kappa shape index (κ1) is 18.7. The minimum atomic E-state index is -0.242. The van der Waals surface area contributed by atoms with Gasteiger partial charge in [-0.15, -0.1) is 0 Å². The van der Waals surface area contributed by atoms with Crippen molar-refractivity contribution in [1.82, 2.24) is 19.1 Å². The fraction of sp³-hybridized carbons (Fsp3) is 0.150. The van der Waals surface area contributed by atoms with Crippen LogP contribution in [0.25, 0.3) is 16.7 Å². The van der Waals surface area contributed by atoms with Gasteiger partial charge >= 0.3 is 0 Å². The van der Waals surface area contributed by atoms with Gasteiger partial charge in [0.25, 0.3) is 5.56 Å². The van der Waals surface area contributed by atoms with Crippen molar-refractivity contribution in [2.75, 3.05) is 5.73 Å². The van der Waals surface area contributed by atoms with Crippen LogP contribution in [-0.4, -0.2) is 19.1 Å². The molecule has 4 rings (SSSR count). The average molecular weight is 459 g/mol. The number of anilines is 1. The van der Waals surface area contributed by atoms with E-state index in [0.29, 0.717) is 22.1 Å². The number of halogens is 2. The normalized spacial score (nSPS) is 12.4. The third-order valence-corrected chi connectivity index (χ3v) is 5.86. The monoisotopic (exact) mass is 457 g/mol. The fourth-order valence-electron chi connectivity index (χ4n) is 3.34. The average Bonchev–Trinajstić information content (AvgIpc) is 3.04. The summed E-state index contributed by atoms with van der Waals surface area (Å²) in [5.74, 6) is 0.394. The molecule has 6 nitrogen and oxygen atoms in total. The largest absolute Gasteiger partial charge is 0.383 e. The first-order valence-corrected chi connectivity index (χ1v) is 9.81. The summed E-state index contributed by atoms with van der Waals surface area (Å²) in [5.41, 5.74) is 8.58. The van der Waals surface area contributed by atoms with E-state index in [1.807, 2.05) is 54.1 Å². The second kappa shape index (κ2) is 7.07. The molecule has 3 aromatic heterocycles. The van der Waals surface area contributed by atoms with Gasteiger partial charge in [-0.05, 0) is 48.0 Å². The number of aromatic nitrogens is 4. The Bertz CT molecular complexity index is 1250. The van der Waals surface area contributed by atoms with E-state index in [0.717, 1.165) is 21.2 Å². The molecule has 0 saturated carbocycles. The van der Waals surface area contributed by atoms with Gasteiger partial charge in [-0.25, -0.2) is 9.97 Å². The smallest absolute Gasteiger partial charge is 0.259 e. The maximum atomic E-state index is 13.1. The van der Waals surface area contributed by atoms with Crippen LogP contribution in [0.3, 0.4) is 0 Å². The predicted octanol–water partition coefficient (Wildman–Crippen LogP) is 4.50. The number of hydrogen-bond donors (Lipinski definition) is 1. The van der Waals surface area contributed by atoms with Crippen molar-refractivity contribution in [2.45, 2.75) is 19.9 Å².